The van der Waals surface area contributed by atoms with Gasteiger partial charge in [-0.05, 0) is 33.1 Å². The minimum atomic E-state index is -0.125. The molecule has 0 saturated heterocycles. The summed E-state index contributed by atoms with van der Waals surface area (Å²) in [6, 6.07) is 0. The molecule has 0 atom stereocenters. The molecule has 1 amide bonds. The maximum atomic E-state index is 11.8. The number of methoxy groups -OCH3 is 1. The standard InChI is InChI=1S/C11H21NO2/c1-4-12(5-2)10(13)9-11(14-3)7-6-8-11/h4-9H2,1-3H3. The lowest BCUT2D eigenvalue weighted by Crippen LogP contribution is -2.45. The van der Waals surface area contributed by atoms with Crippen LogP contribution in [0.4, 0.5) is 0 Å². The van der Waals surface area contributed by atoms with Crippen molar-refractivity contribution in [3.05, 3.63) is 0 Å². The molecule has 0 unspecified atom stereocenters. The molecule has 3 nitrogen and oxygen atoms in total. The average Bonchev–Trinajstić information content (AvgIpc) is 2.13. The van der Waals surface area contributed by atoms with Crippen LogP contribution in [0.25, 0.3) is 0 Å². The molecular formula is C11H21NO2. The largest absolute Gasteiger partial charge is 0.378 e. The zero-order valence-electron chi connectivity index (χ0n) is 9.51. The third-order valence-corrected chi connectivity index (χ3v) is 3.29. The highest BCUT2D eigenvalue weighted by Gasteiger charge is 2.39. The van der Waals surface area contributed by atoms with Crippen molar-refractivity contribution in [3.8, 4) is 0 Å². The van der Waals surface area contributed by atoms with Crippen molar-refractivity contribution in [2.75, 3.05) is 20.2 Å². The molecule has 0 aromatic carbocycles. The molecule has 0 aliphatic heterocycles. The van der Waals surface area contributed by atoms with Crippen molar-refractivity contribution < 1.29 is 9.53 Å². The molecular weight excluding hydrogens is 178 g/mol. The van der Waals surface area contributed by atoms with Gasteiger partial charge in [0.1, 0.15) is 0 Å². The van der Waals surface area contributed by atoms with Gasteiger partial charge in [0.05, 0.1) is 12.0 Å². The molecule has 82 valence electrons. The molecule has 0 radical (unpaired) electrons. The quantitative estimate of drug-likeness (QED) is 0.676. The fourth-order valence-corrected chi connectivity index (χ4v) is 1.99. The number of hydrogen-bond acceptors (Lipinski definition) is 2. The highest BCUT2D eigenvalue weighted by Crippen LogP contribution is 2.38. The summed E-state index contributed by atoms with van der Waals surface area (Å²) in [7, 11) is 1.72. The molecule has 1 saturated carbocycles. The van der Waals surface area contributed by atoms with Gasteiger partial charge in [-0.15, -0.1) is 0 Å². The Bertz CT molecular complexity index is 190. The van der Waals surface area contributed by atoms with Crippen LogP contribution < -0.4 is 0 Å². The lowest BCUT2D eigenvalue weighted by Gasteiger charge is -2.41. The molecule has 1 aliphatic rings. The van der Waals surface area contributed by atoms with Gasteiger partial charge in [0.2, 0.25) is 5.91 Å². The Kier molecular flexibility index (Phi) is 3.93. The summed E-state index contributed by atoms with van der Waals surface area (Å²) >= 11 is 0. The highest BCUT2D eigenvalue weighted by molar-refractivity contribution is 5.77. The average molecular weight is 199 g/mol. The van der Waals surface area contributed by atoms with Crippen molar-refractivity contribution in [1.29, 1.82) is 0 Å². The first-order valence-corrected chi connectivity index (χ1v) is 5.50. The summed E-state index contributed by atoms with van der Waals surface area (Å²) in [5.41, 5.74) is -0.125. The fourth-order valence-electron chi connectivity index (χ4n) is 1.99. The van der Waals surface area contributed by atoms with Crippen LogP contribution >= 0.6 is 0 Å². The molecule has 3 heteroatoms. The summed E-state index contributed by atoms with van der Waals surface area (Å²) in [4.78, 5) is 13.7. The van der Waals surface area contributed by atoms with E-state index in [2.05, 4.69) is 0 Å². The van der Waals surface area contributed by atoms with E-state index in [1.807, 2.05) is 18.7 Å². The number of ether oxygens (including phenoxy) is 1. The predicted octanol–water partition coefficient (Wildman–Crippen LogP) is 1.81. The lowest BCUT2D eigenvalue weighted by molar-refractivity contribution is -0.143. The number of nitrogens with zero attached hydrogens (tertiary/aromatic N) is 1. The van der Waals surface area contributed by atoms with E-state index in [-0.39, 0.29) is 11.5 Å². The maximum absolute atomic E-state index is 11.8. The second kappa shape index (κ2) is 4.78. The van der Waals surface area contributed by atoms with E-state index < -0.39 is 0 Å². The summed E-state index contributed by atoms with van der Waals surface area (Å²) in [5.74, 6) is 0.233. The van der Waals surface area contributed by atoms with Crippen molar-refractivity contribution in [2.24, 2.45) is 0 Å². The summed E-state index contributed by atoms with van der Waals surface area (Å²) in [6.07, 6.45) is 3.83. The number of rotatable bonds is 5. The van der Waals surface area contributed by atoms with Crippen LogP contribution in [0.3, 0.4) is 0 Å². The van der Waals surface area contributed by atoms with Gasteiger partial charge in [0.25, 0.3) is 0 Å². The van der Waals surface area contributed by atoms with Crippen LogP contribution in [-0.4, -0.2) is 36.6 Å². The Morgan fingerprint density at radius 2 is 1.93 bits per heavy atom. The first-order valence-electron chi connectivity index (χ1n) is 5.50. The normalized spacial score (nSPS) is 18.8. The molecule has 0 N–H and O–H groups in total. The Hall–Kier alpha value is -0.570. The van der Waals surface area contributed by atoms with Gasteiger partial charge >= 0.3 is 0 Å². The Morgan fingerprint density at radius 3 is 2.21 bits per heavy atom. The van der Waals surface area contributed by atoms with Crippen molar-refractivity contribution >= 4 is 5.91 Å². The van der Waals surface area contributed by atoms with Gasteiger partial charge in [0.15, 0.2) is 0 Å². The molecule has 0 bridgehead atoms. The number of amides is 1. The van der Waals surface area contributed by atoms with E-state index in [1.54, 1.807) is 7.11 Å². The van der Waals surface area contributed by atoms with Crippen molar-refractivity contribution in [1.82, 2.24) is 4.90 Å². The third-order valence-electron chi connectivity index (χ3n) is 3.29. The molecule has 1 fully saturated rings. The molecule has 1 rings (SSSR count). The molecule has 14 heavy (non-hydrogen) atoms. The molecule has 1 aliphatic carbocycles. The SMILES string of the molecule is CCN(CC)C(=O)CC1(OC)CCC1. The first kappa shape index (κ1) is 11.5. The molecule has 0 aromatic heterocycles. The topological polar surface area (TPSA) is 29.5 Å². The third kappa shape index (κ3) is 2.27. The van der Waals surface area contributed by atoms with E-state index in [0.29, 0.717) is 6.42 Å². The van der Waals surface area contributed by atoms with Crippen molar-refractivity contribution in [3.63, 3.8) is 0 Å². The second-order valence-corrected chi connectivity index (χ2v) is 3.98. The van der Waals surface area contributed by atoms with E-state index in [1.165, 1.54) is 6.42 Å². The smallest absolute Gasteiger partial charge is 0.225 e. The zero-order valence-corrected chi connectivity index (χ0v) is 9.51. The van der Waals surface area contributed by atoms with Gasteiger partial charge in [-0.3, -0.25) is 4.79 Å². The van der Waals surface area contributed by atoms with Gasteiger partial charge in [0, 0.05) is 20.2 Å². The monoisotopic (exact) mass is 199 g/mol. The second-order valence-electron chi connectivity index (χ2n) is 3.98. The number of hydrogen-bond donors (Lipinski definition) is 0. The van der Waals surface area contributed by atoms with E-state index in [9.17, 15) is 4.79 Å². The van der Waals surface area contributed by atoms with Crippen LogP contribution in [0.5, 0.6) is 0 Å². The van der Waals surface area contributed by atoms with Crippen LogP contribution in [0.15, 0.2) is 0 Å². The van der Waals surface area contributed by atoms with Gasteiger partial charge < -0.3 is 9.64 Å². The summed E-state index contributed by atoms with van der Waals surface area (Å²) < 4.78 is 5.44. The highest BCUT2D eigenvalue weighted by atomic mass is 16.5. The number of carbonyl (C=O) groups excluding carboxylic acids is 1. The van der Waals surface area contributed by atoms with Gasteiger partial charge in [-0.2, -0.15) is 0 Å². The van der Waals surface area contributed by atoms with Crippen molar-refractivity contribution in [2.45, 2.75) is 45.1 Å². The summed E-state index contributed by atoms with van der Waals surface area (Å²) in [6.45, 7) is 5.63. The van der Waals surface area contributed by atoms with Gasteiger partial charge in [-0.1, -0.05) is 0 Å². The first-order chi connectivity index (χ1) is 6.67. The zero-order chi connectivity index (χ0) is 10.6. The van der Waals surface area contributed by atoms with E-state index >= 15 is 0 Å². The maximum Gasteiger partial charge on any atom is 0.225 e. The Labute approximate surface area is 86.4 Å². The van der Waals surface area contributed by atoms with Crippen LogP contribution in [-0.2, 0) is 9.53 Å². The number of carbonyl (C=O) groups is 1. The van der Waals surface area contributed by atoms with E-state index in [0.717, 1.165) is 25.9 Å². The molecule has 0 aromatic rings. The van der Waals surface area contributed by atoms with E-state index in [4.69, 9.17) is 4.74 Å². The summed E-state index contributed by atoms with van der Waals surface area (Å²) in [5, 5.41) is 0. The Morgan fingerprint density at radius 1 is 1.36 bits per heavy atom. The van der Waals surface area contributed by atoms with Crippen LogP contribution in [0.1, 0.15) is 39.5 Å². The Balaban J connectivity index is 2.46. The minimum Gasteiger partial charge on any atom is -0.378 e. The van der Waals surface area contributed by atoms with Gasteiger partial charge in [-0.25, -0.2) is 0 Å². The minimum absolute atomic E-state index is 0.125. The van der Waals surface area contributed by atoms with Crippen LogP contribution in [0.2, 0.25) is 0 Å². The van der Waals surface area contributed by atoms with Crippen LogP contribution in [0, 0.1) is 0 Å². The molecule has 0 spiro atoms. The molecule has 0 heterocycles. The predicted molar refractivity (Wildman–Crippen MR) is 56.1 cm³/mol. The fraction of sp³-hybridized carbons (Fsp3) is 0.909. The lowest BCUT2D eigenvalue weighted by atomic mass is 9.77.